The molecule has 0 radical (unpaired) electrons. The summed E-state index contributed by atoms with van der Waals surface area (Å²) in [6.07, 6.45) is 4.12. The van der Waals surface area contributed by atoms with E-state index in [2.05, 4.69) is 11.8 Å². The second-order valence-corrected chi connectivity index (χ2v) is 3.94. The van der Waals surface area contributed by atoms with Crippen LogP contribution in [0, 0.1) is 5.92 Å². The maximum absolute atomic E-state index is 5.68. The van der Waals surface area contributed by atoms with E-state index >= 15 is 0 Å². The third-order valence-electron chi connectivity index (χ3n) is 2.51. The minimum atomic E-state index is 0. The fourth-order valence-electron chi connectivity index (χ4n) is 1.67. The number of rotatable bonds is 2. The Balaban J connectivity index is 0.00000121. The molecule has 0 aromatic rings. The summed E-state index contributed by atoms with van der Waals surface area (Å²) in [5, 5.41) is 0. The smallest absolute Gasteiger partial charge is 0.0351 e. The van der Waals surface area contributed by atoms with Gasteiger partial charge in [0.25, 0.3) is 0 Å². The summed E-state index contributed by atoms with van der Waals surface area (Å²) in [4.78, 5) is 2.48. The first-order valence-corrected chi connectivity index (χ1v) is 5.14. The molecular weight excluding hydrogens is 193 g/mol. The highest BCUT2D eigenvalue weighted by molar-refractivity contribution is 6.18. The van der Waals surface area contributed by atoms with Crippen LogP contribution in [0.1, 0.15) is 26.2 Å². The van der Waals surface area contributed by atoms with Gasteiger partial charge in [-0.25, -0.2) is 0 Å². The van der Waals surface area contributed by atoms with Crippen LogP contribution in [0.5, 0.6) is 0 Å². The Morgan fingerprint density at radius 2 is 2.08 bits per heavy atom. The van der Waals surface area contributed by atoms with Crippen LogP contribution in [0.15, 0.2) is 0 Å². The molecule has 12 heavy (non-hydrogen) atoms. The fourth-order valence-corrected chi connectivity index (χ4v) is 1.90. The lowest BCUT2D eigenvalue weighted by atomic mass is 10.0. The highest BCUT2D eigenvalue weighted by Gasteiger charge is 2.12. The summed E-state index contributed by atoms with van der Waals surface area (Å²) in [6, 6.07) is 0. The number of halogens is 2. The zero-order valence-corrected chi connectivity index (χ0v) is 9.33. The SMILES string of the molecule is CC1CCCN(CCCl)CC1.Cl. The Morgan fingerprint density at radius 3 is 2.75 bits per heavy atom. The van der Waals surface area contributed by atoms with Crippen molar-refractivity contribution in [1.82, 2.24) is 4.90 Å². The zero-order chi connectivity index (χ0) is 8.10. The largest absolute Gasteiger partial charge is 0.302 e. The summed E-state index contributed by atoms with van der Waals surface area (Å²) in [5.41, 5.74) is 0. The van der Waals surface area contributed by atoms with Crippen LogP contribution in [0.25, 0.3) is 0 Å². The molecule has 1 unspecified atom stereocenters. The van der Waals surface area contributed by atoms with Gasteiger partial charge in [-0.05, 0) is 38.3 Å². The van der Waals surface area contributed by atoms with Gasteiger partial charge in [0.05, 0.1) is 0 Å². The Labute approximate surface area is 86.9 Å². The first kappa shape index (κ1) is 12.5. The Kier molecular flexibility index (Phi) is 7.31. The van der Waals surface area contributed by atoms with Gasteiger partial charge < -0.3 is 4.90 Å². The highest BCUT2D eigenvalue weighted by atomic mass is 35.5. The van der Waals surface area contributed by atoms with Gasteiger partial charge >= 0.3 is 0 Å². The van der Waals surface area contributed by atoms with E-state index in [-0.39, 0.29) is 12.4 Å². The van der Waals surface area contributed by atoms with Crippen molar-refractivity contribution in [3.63, 3.8) is 0 Å². The molecule has 0 aromatic carbocycles. The van der Waals surface area contributed by atoms with Crippen LogP contribution in [-0.2, 0) is 0 Å². The van der Waals surface area contributed by atoms with Crippen LogP contribution in [0.2, 0.25) is 0 Å². The van der Waals surface area contributed by atoms with E-state index in [1.807, 2.05) is 0 Å². The number of likely N-dealkylation sites (tertiary alicyclic amines) is 1. The molecule has 0 N–H and O–H groups in total. The van der Waals surface area contributed by atoms with Crippen LogP contribution in [-0.4, -0.2) is 30.4 Å². The van der Waals surface area contributed by atoms with Gasteiger partial charge in [0.15, 0.2) is 0 Å². The molecule has 0 saturated carbocycles. The summed E-state index contributed by atoms with van der Waals surface area (Å²) in [6.45, 7) is 5.95. The maximum atomic E-state index is 5.68. The normalized spacial score (nSPS) is 26.0. The summed E-state index contributed by atoms with van der Waals surface area (Å²) >= 11 is 5.68. The van der Waals surface area contributed by atoms with Crippen molar-refractivity contribution in [1.29, 1.82) is 0 Å². The summed E-state index contributed by atoms with van der Waals surface area (Å²) in [7, 11) is 0. The highest BCUT2D eigenvalue weighted by Crippen LogP contribution is 2.15. The number of nitrogens with zero attached hydrogens (tertiary/aromatic N) is 1. The molecule has 1 saturated heterocycles. The predicted octanol–water partition coefficient (Wildman–Crippen LogP) is 2.77. The molecule has 1 aliphatic rings. The summed E-state index contributed by atoms with van der Waals surface area (Å²) < 4.78 is 0. The van der Waals surface area contributed by atoms with E-state index in [1.54, 1.807) is 0 Å². The van der Waals surface area contributed by atoms with Crippen LogP contribution < -0.4 is 0 Å². The molecule has 1 fully saturated rings. The van der Waals surface area contributed by atoms with E-state index < -0.39 is 0 Å². The Hall–Kier alpha value is 0.540. The van der Waals surface area contributed by atoms with E-state index in [9.17, 15) is 0 Å². The van der Waals surface area contributed by atoms with Crippen LogP contribution in [0.3, 0.4) is 0 Å². The van der Waals surface area contributed by atoms with Gasteiger partial charge in [-0.3, -0.25) is 0 Å². The first-order chi connectivity index (χ1) is 5.33. The summed E-state index contributed by atoms with van der Waals surface area (Å²) in [5.74, 6) is 1.71. The molecule has 0 amide bonds. The van der Waals surface area contributed by atoms with Crippen molar-refractivity contribution in [2.45, 2.75) is 26.2 Å². The average molecular weight is 212 g/mol. The molecule has 1 nitrogen and oxygen atoms in total. The van der Waals surface area contributed by atoms with Crippen molar-refractivity contribution in [2.24, 2.45) is 5.92 Å². The fraction of sp³-hybridized carbons (Fsp3) is 1.00. The molecule has 0 aliphatic carbocycles. The minimum Gasteiger partial charge on any atom is -0.302 e. The second kappa shape index (κ2) is 6.99. The number of hydrogen-bond acceptors (Lipinski definition) is 1. The molecule has 3 heteroatoms. The molecule has 0 bridgehead atoms. The average Bonchev–Trinajstić information content (AvgIpc) is 2.17. The van der Waals surface area contributed by atoms with Gasteiger partial charge in [-0.1, -0.05) is 6.92 Å². The lowest BCUT2D eigenvalue weighted by molar-refractivity contribution is 0.299. The van der Waals surface area contributed by atoms with Crippen molar-refractivity contribution >= 4 is 24.0 Å². The van der Waals surface area contributed by atoms with Crippen molar-refractivity contribution < 1.29 is 0 Å². The van der Waals surface area contributed by atoms with E-state index in [0.29, 0.717) is 0 Å². The molecule has 0 aromatic heterocycles. The van der Waals surface area contributed by atoms with E-state index in [4.69, 9.17) is 11.6 Å². The van der Waals surface area contributed by atoms with Gasteiger partial charge in [0, 0.05) is 12.4 Å². The van der Waals surface area contributed by atoms with E-state index in [1.165, 1.54) is 32.4 Å². The molecule has 0 spiro atoms. The topological polar surface area (TPSA) is 3.24 Å². The van der Waals surface area contributed by atoms with Gasteiger partial charge in [0.2, 0.25) is 0 Å². The molecular formula is C9H19Cl2N. The zero-order valence-electron chi connectivity index (χ0n) is 7.76. The molecule has 1 rings (SSSR count). The predicted molar refractivity (Wildman–Crippen MR) is 57.4 cm³/mol. The van der Waals surface area contributed by atoms with Crippen LogP contribution in [0.4, 0.5) is 0 Å². The van der Waals surface area contributed by atoms with Gasteiger partial charge in [-0.15, -0.1) is 24.0 Å². The second-order valence-electron chi connectivity index (χ2n) is 3.57. The lowest BCUT2D eigenvalue weighted by Crippen LogP contribution is -2.26. The molecule has 1 atom stereocenters. The minimum absolute atomic E-state index is 0. The standard InChI is InChI=1S/C9H18ClN.ClH/c1-9-3-2-6-11(7-4-9)8-5-10;/h9H,2-8H2,1H3;1H. The molecule has 1 heterocycles. The lowest BCUT2D eigenvalue weighted by Gasteiger charge is -2.17. The quantitative estimate of drug-likeness (QED) is 0.636. The van der Waals surface area contributed by atoms with E-state index in [0.717, 1.165) is 18.3 Å². The third kappa shape index (κ3) is 4.54. The number of alkyl halides is 1. The monoisotopic (exact) mass is 211 g/mol. The number of hydrogen-bond donors (Lipinski definition) is 0. The Morgan fingerprint density at radius 1 is 1.33 bits per heavy atom. The van der Waals surface area contributed by atoms with Gasteiger partial charge in [0.1, 0.15) is 0 Å². The van der Waals surface area contributed by atoms with Gasteiger partial charge in [-0.2, -0.15) is 0 Å². The Bertz CT molecular complexity index is 109. The third-order valence-corrected chi connectivity index (χ3v) is 2.68. The maximum Gasteiger partial charge on any atom is 0.0351 e. The van der Waals surface area contributed by atoms with Crippen LogP contribution >= 0.6 is 24.0 Å². The van der Waals surface area contributed by atoms with Crippen molar-refractivity contribution in [3.8, 4) is 0 Å². The molecule has 1 aliphatic heterocycles. The van der Waals surface area contributed by atoms with Crippen molar-refractivity contribution in [2.75, 3.05) is 25.5 Å². The van der Waals surface area contributed by atoms with Crippen molar-refractivity contribution in [3.05, 3.63) is 0 Å². The first-order valence-electron chi connectivity index (χ1n) is 4.61. The molecule has 74 valence electrons.